The van der Waals surface area contributed by atoms with E-state index < -0.39 is 0 Å². The molecule has 0 saturated carbocycles. The smallest absolute Gasteiger partial charge is 0.224 e. The Morgan fingerprint density at radius 3 is 2.81 bits per heavy atom. The summed E-state index contributed by atoms with van der Waals surface area (Å²) in [7, 11) is 0. The van der Waals surface area contributed by atoms with E-state index in [-0.39, 0.29) is 12.0 Å². The molecule has 134 valence electrons. The van der Waals surface area contributed by atoms with Gasteiger partial charge in [0.15, 0.2) is 0 Å². The highest BCUT2D eigenvalue weighted by molar-refractivity contribution is 5.83. The Labute approximate surface area is 154 Å². The summed E-state index contributed by atoms with van der Waals surface area (Å²) in [4.78, 5) is 14.7. The third-order valence-electron chi connectivity index (χ3n) is 5.19. The van der Waals surface area contributed by atoms with Crippen molar-refractivity contribution in [2.24, 2.45) is 0 Å². The zero-order valence-corrected chi connectivity index (χ0v) is 15.1. The van der Waals surface area contributed by atoms with Crippen LogP contribution >= 0.6 is 0 Å². The van der Waals surface area contributed by atoms with Gasteiger partial charge in [-0.2, -0.15) is 0 Å². The first-order valence-corrected chi connectivity index (χ1v) is 9.21. The molecule has 0 radical (unpaired) electrons. The molecule has 4 nitrogen and oxygen atoms in total. The number of nitrogens with zero attached hydrogens (tertiary/aromatic N) is 2. The SMILES string of the molecule is Cc1cccc2c1ccn2CCC(=O)N1CCO[C@@H](c2ccccc2)C1. The predicted molar refractivity (Wildman–Crippen MR) is 103 cm³/mol. The van der Waals surface area contributed by atoms with Gasteiger partial charge in [0, 0.05) is 36.6 Å². The number of hydrogen-bond acceptors (Lipinski definition) is 2. The average molecular weight is 348 g/mol. The minimum absolute atomic E-state index is 0.0241. The predicted octanol–water partition coefficient (Wildman–Crippen LogP) is 3.94. The molecule has 3 aromatic rings. The van der Waals surface area contributed by atoms with Crippen molar-refractivity contribution in [1.29, 1.82) is 0 Å². The Balaban J connectivity index is 1.40. The lowest BCUT2D eigenvalue weighted by Crippen LogP contribution is -2.42. The number of hydrogen-bond donors (Lipinski definition) is 0. The van der Waals surface area contributed by atoms with Crippen LogP contribution in [0.2, 0.25) is 0 Å². The Hall–Kier alpha value is -2.59. The number of aromatic nitrogens is 1. The number of aryl methyl sites for hydroxylation is 2. The summed E-state index contributed by atoms with van der Waals surface area (Å²) < 4.78 is 8.04. The van der Waals surface area contributed by atoms with Gasteiger partial charge in [0.2, 0.25) is 5.91 Å². The van der Waals surface area contributed by atoms with Crippen LogP contribution in [0.3, 0.4) is 0 Å². The first kappa shape index (κ1) is 16.9. The normalized spacial score (nSPS) is 17.6. The summed E-state index contributed by atoms with van der Waals surface area (Å²) in [5, 5.41) is 1.26. The molecule has 1 fully saturated rings. The van der Waals surface area contributed by atoms with Gasteiger partial charge in [-0.3, -0.25) is 4.79 Å². The molecule has 1 amide bonds. The maximum absolute atomic E-state index is 12.7. The maximum atomic E-state index is 12.7. The van der Waals surface area contributed by atoms with Crippen molar-refractivity contribution in [3.63, 3.8) is 0 Å². The number of carbonyl (C=O) groups excluding carboxylic acids is 1. The van der Waals surface area contributed by atoms with Gasteiger partial charge in [0.05, 0.1) is 13.2 Å². The van der Waals surface area contributed by atoms with E-state index in [1.807, 2.05) is 23.1 Å². The first-order chi connectivity index (χ1) is 12.7. The Kier molecular flexibility index (Phi) is 4.76. The highest BCUT2D eigenvalue weighted by atomic mass is 16.5. The van der Waals surface area contributed by atoms with Crippen LogP contribution in [0.5, 0.6) is 0 Å². The molecule has 2 heterocycles. The summed E-state index contributed by atoms with van der Waals surface area (Å²) in [5.74, 6) is 0.198. The third-order valence-corrected chi connectivity index (χ3v) is 5.19. The number of carbonyl (C=O) groups is 1. The van der Waals surface area contributed by atoms with Gasteiger partial charge >= 0.3 is 0 Å². The van der Waals surface area contributed by atoms with E-state index in [1.54, 1.807) is 0 Å². The quantitative estimate of drug-likeness (QED) is 0.716. The summed E-state index contributed by atoms with van der Waals surface area (Å²) >= 11 is 0. The fraction of sp³-hybridized carbons (Fsp3) is 0.318. The number of ether oxygens (including phenoxy) is 1. The topological polar surface area (TPSA) is 34.5 Å². The monoisotopic (exact) mass is 348 g/mol. The van der Waals surface area contributed by atoms with Crippen LogP contribution in [0.25, 0.3) is 10.9 Å². The van der Waals surface area contributed by atoms with E-state index in [2.05, 4.69) is 54.1 Å². The summed E-state index contributed by atoms with van der Waals surface area (Å²) in [6, 6.07) is 18.6. The standard InChI is InChI=1S/C22H24N2O2/c1-17-6-5-9-20-19(17)10-12-23(20)13-11-22(25)24-14-15-26-21(16-24)18-7-3-2-4-8-18/h2-10,12,21H,11,13-16H2,1H3/t21-/m1/s1. The van der Waals surface area contributed by atoms with Crippen LogP contribution in [-0.4, -0.2) is 35.1 Å². The molecular weight excluding hydrogens is 324 g/mol. The Morgan fingerprint density at radius 1 is 1.12 bits per heavy atom. The highest BCUT2D eigenvalue weighted by Gasteiger charge is 2.25. The van der Waals surface area contributed by atoms with Crippen molar-refractivity contribution >= 4 is 16.8 Å². The van der Waals surface area contributed by atoms with E-state index in [1.165, 1.54) is 16.5 Å². The second-order valence-corrected chi connectivity index (χ2v) is 6.88. The van der Waals surface area contributed by atoms with Crippen molar-refractivity contribution in [2.75, 3.05) is 19.7 Å². The van der Waals surface area contributed by atoms with Gasteiger partial charge in [0.1, 0.15) is 6.10 Å². The van der Waals surface area contributed by atoms with E-state index in [0.29, 0.717) is 32.7 Å². The fourth-order valence-corrected chi connectivity index (χ4v) is 3.69. The van der Waals surface area contributed by atoms with Gasteiger partial charge in [-0.1, -0.05) is 42.5 Å². The number of fused-ring (bicyclic) bond motifs is 1. The van der Waals surface area contributed by atoms with Gasteiger partial charge in [-0.25, -0.2) is 0 Å². The number of morpholine rings is 1. The van der Waals surface area contributed by atoms with Crippen molar-refractivity contribution < 1.29 is 9.53 Å². The maximum Gasteiger partial charge on any atom is 0.224 e. The van der Waals surface area contributed by atoms with Crippen molar-refractivity contribution in [2.45, 2.75) is 26.0 Å². The van der Waals surface area contributed by atoms with E-state index >= 15 is 0 Å². The molecule has 0 spiro atoms. The largest absolute Gasteiger partial charge is 0.370 e. The zero-order valence-electron chi connectivity index (χ0n) is 15.1. The fourth-order valence-electron chi connectivity index (χ4n) is 3.69. The first-order valence-electron chi connectivity index (χ1n) is 9.21. The van der Waals surface area contributed by atoms with Gasteiger partial charge in [-0.15, -0.1) is 0 Å². The Morgan fingerprint density at radius 2 is 1.96 bits per heavy atom. The van der Waals surface area contributed by atoms with Crippen LogP contribution < -0.4 is 0 Å². The molecule has 1 aliphatic heterocycles. The molecule has 1 atom stereocenters. The second-order valence-electron chi connectivity index (χ2n) is 6.88. The minimum Gasteiger partial charge on any atom is -0.370 e. The lowest BCUT2D eigenvalue weighted by Gasteiger charge is -2.33. The molecular formula is C22H24N2O2. The van der Waals surface area contributed by atoms with E-state index in [0.717, 1.165) is 5.56 Å². The van der Waals surface area contributed by atoms with E-state index in [9.17, 15) is 4.79 Å². The summed E-state index contributed by atoms with van der Waals surface area (Å²) in [5.41, 5.74) is 3.60. The molecule has 4 rings (SSSR count). The second kappa shape index (κ2) is 7.34. The Bertz CT molecular complexity index is 901. The lowest BCUT2D eigenvalue weighted by atomic mass is 10.1. The molecule has 1 saturated heterocycles. The summed E-state index contributed by atoms with van der Waals surface area (Å²) in [6.45, 7) is 4.73. The van der Waals surface area contributed by atoms with Crippen molar-refractivity contribution in [3.05, 3.63) is 71.9 Å². The molecule has 0 unspecified atom stereocenters. The molecule has 0 N–H and O–H groups in total. The van der Waals surface area contributed by atoms with Crippen LogP contribution in [0.1, 0.15) is 23.7 Å². The molecule has 4 heteroatoms. The molecule has 0 bridgehead atoms. The van der Waals surface area contributed by atoms with Crippen molar-refractivity contribution in [3.8, 4) is 0 Å². The lowest BCUT2D eigenvalue weighted by molar-refractivity contribution is -0.139. The number of amides is 1. The molecule has 26 heavy (non-hydrogen) atoms. The van der Waals surface area contributed by atoms with Crippen LogP contribution in [-0.2, 0) is 16.1 Å². The van der Waals surface area contributed by atoms with Gasteiger partial charge in [-0.05, 0) is 30.2 Å². The summed E-state index contributed by atoms with van der Waals surface area (Å²) in [6.07, 6.45) is 2.57. The molecule has 2 aromatic carbocycles. The number of rotatable bonds is 4. The minimum atomic E-state index is -0.0241. The third kappa shape index (κ3) is 3.37. The van der Waals surface area contributed by atoms with Crippen LogP contribution in [0, 0.1) is 6.92 Å². The van der Waals surface area contributed by atoms with Crippen molar-refractivity contribution in [1.82, 2.24) is 9.47 Å². The highest BCUT2D eigenvalue weighted by Crippen LogP contribution is 2.23. The molecule has 1 aromatic heterocycles. The van der Waals surface area contributed by atoms with Gasteiger partial charge < -0.3 is 14.2 Å². The molecule has 0 aliphatic carbocycles. The van der Waals surface area contributed by atoms with E-state index in [4.69, 9.17) is 4.74 Å². The average Bonchev–Trinajstić information content (AvgIpc) is 3.11. The van der Waals surface area contributed by atoms with Crippen LogP contribution in [0.4, 0.5) is 0 Å². The zero-order chi connectivity index (χ0) is 17.9. The number of benzene rings is 2. The van der Waals surface area contributed by atoms with Crippen LogP contribution in [0.15, 0.2) is 60.8 Å². The van der Waals surface area contributed by atoms with Gasteiger partial charge in [0.25, 0.3) is 0 Å². The molecule has 1 aliphatic rings.